The Labute approximate surface area is 105 Å². The van der Waals surface area contributed by atoms with Crippen LogP contribution < -0.4 is 0 Å². The van der Waals surface area contributed by atoms with Crippen molar-refractivity contribution in [2.24, 2.45) is 0 Å². The zero-order valence-corrected chi connectivity index (χ0v) is 10.2. The van der Waals surface area contributed by atoms with Gasteiger partial charge in [0.1, 0.15) is 11.6 Å². The number of benzene rings is 1. The first-order chi connectivity index (χ1) is 8.24. The van der Waals surface area contributed by atoms with E-state index in [9.17, 15) is 4.39 Å². The minimum absolute atomic E-state index is 0.290. The maximum atomic E-state index is 13.2. The standard InChI is InChI=1S/C12H7BrFN3/c13-9-2-1-7(14)5-8(9)12-16-10-3-4-15-6-11(10)17-12/h1-6H,(H,16,17). The van der Waals surface area contributed by atoms with Gasteiger partial charge in [-0.3, -0.25) is 4.98 Å². The van der Waals surface area contributed by atoms with Gasteiger partial charge in [-0.25, -0.2) is 9.37 Å². The summed E-state index contributed by atoms with van der Waals surface area (Å²) in [4.78, 5) is 11.5. The van der Waals surface area contributed by atoms with Crippen LogP contribution in [0.4, 0.5) is 4.39 Å². The van der Waals surface area contributed by atoms with E-state index in [0.29, 0.717) is 11.4 Å². The molecular formula is C12H7BrFN3. The predicted molar refractivity (Wildman–Crippen MR) is 67.0 cm³/mol. The Kier molecular flexibility index (Phi) is 2.40. The van der Waals surface area contributed by atoms with Gasteiger partial charge >= 0.3 is 0 Å². The lowest BCUT2D eigenvalue weighted by molar-refractivity contribution is 0.628. The van der Waals surface area contributed by atoms with E-state index in [1.165, 1.54) is 12.1 Å². The molecule has 1 N–H and O–H groups in total. The lowest BCUT2D eigenvalue weighted by atomic mass is 10.2. The number of nitrogens with one attached hydrogen (secondary N) is 1. The normalized spacial score (nSPS) is 10.9. The van der Waals surface area contributed by atoms with Crippen LogP contribution in [0.5, 0.6) is 0 Å². The molecule has 0 atom stereocenters. The number of pyridine rings is 1. The number of aromatic amines is 1. The number of imidazole rings is 1. The molecule has 5 heteroatoms. The zero-order chi connectivity index (χ0) is 11.8. The molecule has 0 fully saturated rings. The molecule has 2 heterocycles. The van der Waals surface area contributed by atoms with Crippen LogP contribution in [-0.4, -0.2) is 15.0 Å². The topological polar surface area (TPSA) is 41.6 Å². The van der Waals surface area contributed by atoms with Crippen LogP contribution in [0.3, 0.4) is 0 Å². The summed E-state index contributed by atoms with van der Waals surface area (Å²) in [6.07, 6.45) is 3.37. The number of hydrogen-bond acceptors (Lipinski definition) is 2. The van der Waals surface area contributed by atoms with Gasteiger partial charge in [0.15, 0.2) is 0 Å². The summed E-state index contributed by atoms with van der Waals surface area (Å²) in [7, 11) is 0. The van der Waals surface area contributed by atoms with Crippen molar-refractivity contribution in [3.8, 4) is 11.4 Å². The number of aromatic nitrogens is 3. The highest BCUT2D eigenvalue weighted by Gasteiger charge is 2.09. The highest BCUT2D eigenvalue weighted by atomic mass is 79.9. The van der Waals surface area contributed by atoms with Gasteiger partial charge in [0, 0.05) is 16.2 Å². The third-order valence-corrected chi connectivity index (χ3v) is 3.16. The zero-order valence-electron chi connectivity index (χ0n) is 8.61. The van der Waals surface area contributed by atoms with Gasteiger partial charge in [-0.05, 0) is 24.3 Å². The summed E-state index contributed by atoms with van der Waals surface area (Å²) in [5.74, 6) is 0.334. The van der Waals surface area contributed by atoms with Crippen LogP contribution in [0.15, 0.2) is 41.1 Å². The number of hydrogen-bond donors (Lipinski definition) is 1. The molecule has 3 aromatic rings. The number of fused-ring (bicyclic) bond motifs is 1. The Morgan fingerprint density at radius 2 is 2.12 bits per heavy atom. The Morgan fingerprint density at radius 3 is 2.94 bits per heavy atom. The monoisotopic (exact) mass is 291 g/mol. The molecule has 0 radical (unpaired) electrons. The van der Waals surface area contributed by atoms with Crippen molar-refractivity contribution >= 4 is 27.0 Å². The van der Waals surface area contributed by atoms with E-state index >= 15 is 0 Å². The van der Waals surface area contributed by atoms with Gasteiger partial charge < -0.3 is 4.98 Å². The van der Waals surface area contributed by atoms with Crippen molar-refractivity contribution in [3.63, 3.8) is 0 Å². The Bertz CT molecular complexity index is 660. The summed E-state index contributed by atoms with van der Waals surface area (Å²) in [5, 5.41) is 0. The molecule has 2 aromatic heterocycles. The minimum atomic E-state index is -0.290. The smallest absolute Gasteiger partial charge is 0.139 e. The summed E-state index contributed by atoms with van der Waals surface area (Å²) in [5.41, 5.74) is 2.34. The molecule has 0 aliphatic heterocycles. The average molecular weight is 292 g/mol. The molecule has 0 unspecified atom stereocenters. The van der Waals surface area contributed by atoms with E-state index in [-0.39, 0.29) is 5.82 Å². The molecule has 3 nitrogen and oxygen atoms in total. The fourth-order valence-electron chi connectivity index (χ4n) is 1.66. The van der Waals surface area contributed by atoms with Gasteiger partial charge in [0.05, 0.1) is 17.2 Å². The van der Waals surface area contributed by atoms with Crippen molar-refractivity contribution in [1.29, 1.82) is 0 Å². The average Bonchev–Trinajstić information content (AvgIpc) is 2.75. The lowest BCUT2D eigenvalue weighted by Gasteiger charge is -2.00. The highest BCUT2D eigenvalue weighted by molar-refractivity contribution is 9.10. The molecule has 0 saturated carbocycles. The quantitative estimate of drug-likeness (QED) is 0.745. The van der Waals surface area contributed by atoms with E-state index in [1.807, 2.05) is 6.07 Å². The summed E-state index contributed by atoms with van der Waals surface area (Å²) < 4.78 is 14.0. The first kappa shape index (κ1) is 10.4. The maximum absolute atomic E-state index is 13.2. The molecule has 3 rings (SSSR count). The van der Waals surface area contributed by atoms with Gasteiger partial charge in [-0.2, -0.15) is 0 Å². The number of nitrogens with zero attached hydrogens (tertiary/aromatic N) is 2. The molecule has 0 spiro atoms. The number of H-pyrrole nitrogens is 1. The van der Waals surface area contributed by atoms with Crippen LogP contribution in [0.25, 0.3) is 22.4 Å². The first-order valence-corrected chi connectivity index (χ1v) is 5.78. The van der Waals surface area contributed by atoms with E-state index in [2.05, 4.69) is 30.9 Å². The van der Waals surface area contributed by atoms with Crippen molar-refractivity contribution < 1.29 is 4.39 Å². The lowest BCUT2D eigenvalue weighted by Crippen LogP contribution is -1.84. The molecule has 0 bridgehead atoms. The van der Waals surface area contributed by atoms with Gasteiger partial charge in [0.25, 0.3) is 0 Å². The molecule has 0 aliphatic carbocycles. The maximum Gasteiger partial charge on any atom is 0.139 e. The van der Waals surface area contributed by atoms with Crippen molar-refractivity contribution in [2.45, 2.75) is 0 Å². The number of rotatable bonds is 1. The Balaban J connectivity index is 2.23. The third-order valence-electron chi connectivity index (χ3n) is 2.47. The molecular weight excluding hydrogens is 285 g/mol. The van der Waals surface area contributed by atoms with Gasteiger partial charge in [-0.15, -0.1) is 0 Å². The van der Waals surface area contributed by atoms with Crippen LogP contribution >= 0.6 is 15.9 Å². The van der Waals surface area contributed by atoms with Crippen LogP contribution in [0, 0.1) is 5.82 Å². The second kappa shape index (κ2) is 3.92. The fraction of sp³-hybridized carbons (Fsp3) is 0. The van der Waals surface area contributed by atoms with Gasteiger partial charge in [-0.1, -0.05) is 15.9 Å². The fourth-order valence-corrected chi connectivity index (χ4v) is 2.10. The van der Waals surface area contributed by atoms with Crippen molar-refractivity contribution in [1.82, 2.24) is 15.0 Å². The Morgan fingerprint density at radius 1 is 1.24 bits per heavy atom. The van der Waals surface area contributed by atoms with Crippen molar-refractivity contribution in [3.05, 3.63) is 46.9 Å². The summed E-state index contributed by atoms with van der Waals surface area (Å²) in [6.45, 7) is 0. The van der Waals surface area contributed by atoms with Crippen LogP contribution in [0.2, 0.25) is 0 Å². The first-order valence-electron chi connectivity index (χ1n) is 4.99. The second-order valence-corrected chi connectivity index (χ2v) is 4.46. The largest absolute Gasteiger partial charge is 0.337 e. The summed E-state index contributed by atoms with van der Waals surface area (Å²) >= 11 is 3.38. The molecule has 0 amide bonds. The van der Waals surface area contributed by atoms with Gasteiger partial charge in [0.2, 0.25) is 0 Å². The highest BCUT2D eigenvalue weighted by Crippen LogP contribution is 2.28. The molecule has 0 saturated heterocycles. The number of halogens is 2. The molecule has 84 valence electrons. The van der Waals surface area contributed by atoms with Crippen LogP contribution in [-0.2, 0) is 0 Å². The van der Waals surface area contributed by atoms with E-state index in [4.69, 9.17) is 0 Å². The van der Waals surface area contributed by atoms with Crippen molar-refractivity contribution in [2.75, 3.05) is 0 Å². The van der Waals surface area contributed by atoms with E-state index in [0.717, 1.165) is 15.5 Å². The second-order valence-electron chi connectivity index (χ2n) is 3.60. The summed E-state index contributed by atoms with van der Waals surface area (Å²) in [6, 6.07) is 6.31. The van der Waals surface area contributed by atoms with E-state index < -0.39 is 0 Å². The third kappa shape index (κ3) is 1.82. The SMILES string of the molecule is Fc1ccc(Br)c(-c2nc3ccncc3[nH]2)c1. The predicted octanol–water partition coefficient (Wildman–Crippen LogP) is 3.53. The molecule has 17 heavy (non-hydrogen) atoms. The molecule has 0 aliphatic rings. The minimum Gasteiger partial charge on any atom is -0.337 e. The van der Waals surface area contributed by atoms with E-state index in [1.54, 1.807) is 18.5 Å². The van der Waals surface area contributed by atoms with Crippen LogP contribution in [0.1, 0.15) is 0 Å². The molecule has 1 aromatic carbocycles. The Hall–Kier alpha value is -1.75.